The zero-order chi connectivity index (χ0) is 16.3. The summed E-state index contributed by atoms with van der Waals surface area (Å²) in [5.41, 5.74) is -2.16. The number of likely N-dealkylation sites (tertiary alicyclic amines) is 1. The molecule has 22 heavy (non-hydrogen) atoms. The smallest absolute Gasteiger partial charge is 0.309 e. The van der Waals surface area contributed by atoms with Crippen LogP contribution in [0.5, 0.6) is 0 Å². The number of esters is 1. The molecule has 1 aliphatic heterocycles. The van der Waals surface area contributed by atoms with Gasteiger partial charge >= 0.3 is 5.97 Å². The molecule has 2 amide bonds. The lowest BCUT2D eigenvalue weighted by Gasteiger charge is -2.19. The Balaban J connectivity index is 2.08. The van der Waals surface area contributed by atoms with E-state index in [0.29, 0.717) is 4.90 Å². The van der Waals surface area contributed by atoms with Crippen LogP contribution in [-0.2, 0) is 19.1 Å². The molecule has 1 N–H and O–H groups in total. The summed E-state index contributed by atoms with van der Waals surface area (Å²) in [5, 5.41) is 10.2. The number of Topliss-reactive ketones (excluding diaryl/α,β-unsaturated/α-hetero) is 1. The lowest BCUT2D eigenvalue weighted by Crippen LogP contribution is -2.43. The topological polar surface area (TPSA) is 114 Å². The van der Waals surface area contributed by atoms with Gasteiger partial charge in [-0.1, -0.05) is 0 Å². The van der Waals surface area contributed by atoms with Crippen LogP contribution >= 0.6 is 0 Å². The van der Waals surface area contributed by atoms with Crippen molar-refractivity contribution in [2.75, 3.05) is 13.2 Å². The average molecular weight is 309 g/mol. The van der Waals surface area contributed by atoms with E-state index >= 15 is 0 Å². The Kier molecular flexibility index (Phi) is 4.41. The van der Waals surface area contributed by atoms with Crippen molar-refractivity contribution < 1.29 is 33.4 Å². The standard InChI is InChI=1S/C14H15NO7/c1-2-21-12(18)7-14(20)6-11(17)15(13(14)19)8-9(16)10-4-3-5-22-10/h3-5,20H,2,6-8H2,1H3/t14-/m1/s1. The number of ketones is 1. The van der Waals surface area contributed by atoms with Crippen LogP contribution in [0, 0.1) is 0 Å². The van der Waals surface area contributed by atoms with Crippen LogP contribution in [0.25, 0.3) is 0 Å². The first-order valence-electron chi connectivity index (χ1n) is 6.67. The first-order chi connectivity index (χ1) is 10.4. The summed E-state index contributed by atoms with van der Waals surface area (Å²) in [6, 6.07) is 2.90. The van der Waals surface area contributed by atoms with Gasteiger partial charge in [-0.25, -0.2) is 0 Å². The molecule has 0 aromatic carbocycles. The molecule has 8 nitrogen and oxygen atoms in total. The van der Waals surface area contributed by atoms with E-state index in [4.69, 9.17) is 4.42 Å². The molecular weight excluding hydrogens is 294 g/mol. The lowest BCUT2D eigenvalue weighted by molar-refractivity contribution is -0.156. The minimum absolute atomic E-state index is 0.00133. The van der Waals surface area contributed by atoms with Crippen molar-refractivity contribution in [2.24, 2.45) is 0 Å². The van der Waals surface area contributed by atoms with Crippen molar-refractivity contribution >= 4 is 23.6 Å². The summed E-state index contributed by atoms with van der Waals surface area (Å²) in [6.07, 6.45) is 0.102. The van der Waals surface area contributed by atoms with Gasteiger partial charge in [0.1, 0.15) is 0 Å². The van der Waals surface area contributed by atoms with Gasteiger partial charge in [0.2, 0.25) is 11.7 Å². The van der Waals surface area contributed by atoms with Crippen LogP contribution < -0.4 is 0 Å². The zero-order valence-corrected chi connectivity index (χ0v) is 11.9. The fourth-order valence-corrected chi connectivity index (χ4v) is 2.19. The molecule has 1 atom stereocenters. The van der Waals surface area contributed by atoms with Gasteiger partial charge in [0.25, 0.3) is 5.91 Å². The van der Waals surface area contributed by atoms with Gasteiger partial charge in [-0.3, -0.25) is 24.1 Å². The van der Waals surface area contributed by atoms with Crippen LogP contribution in [0.4, 0.5) is 0 Å². The monoisotopic (exact) mass is 309 g/mol. The third kappa shape index (κ3) is 3.06. The van der Waals surface area contributed by atoms with Gasteiger partial charge in [0.15, 0.2) is 11.4 Å². The van der Waals surface area contributed by atoms with Crippen LogP contribution in [0.2, 0.25) is 0 Å². The summed E-state index contributed by atoms with van der Waals surface area (Å²) in [4.78, 5) is 47.9. The van der Waals surface area contributed by atoms with E-state index in [9.17, 15) is 24.3 Å². The first kappa shape index (κ1) is 15.9. The van der Waals surface area contributed by atoms with Crippen LogP contribution in [0.15, 0.2) is 22.8 Å². The summed E-state index contributed by atoms with van der Waals surface area (Å²) in [6.45, 7) is 1.13. The molecule has 1 saturated heterocycles. The number of nitrogens with zero attached hydrogens (tertiary/aromatic N) is 1. The number of ether oxygens (including phenoxy) is 1. The molecule has 1 aromatic rings. The molecule has 0 spiro atoms. The zero-order valence-electron chi connectivity index (χ0n) is 11.9. The summed E-state index contributed by atoms with van der Waals surface area (Å²) >= 11 is 0. The Labute approximate surface area is 125 Å². The van der Waals surface area contributed by atoms with E-state index < -0.39 is 48.6 Å². The molecule has 2 rings (SSSR count). The molecule has 0 radical (unpaired) electrons. The minimum atomic E-state index is -2.16. The number of hydrogen-bond acceptors (Lipinski definition) is 7. The second kappa shape index (κ2) is 6.10. The molecule has 0 unspecified atom stereocenters. The highest BCUT2D eigenvalue weighted by Crippen LogP contribution is 2.28. The fourth-order valence-electron chi connectivity index (χ4n) is 2.19. The Hall–Kier alpha value is -2.48. The van der Waals surface area contributed by atoms with E-state index in [1.165, 1.54) is 18.4 Å². The SMILES string of the molecule is CCOC(=O)C[C@]1(O)CC(=O)N(CC(=O)c2ccco2)C1=O. The predicted molar refractivity (Wildman–Crippen MR) is 70.6 cm³/mol. The normalized spacial score (nSPS) is 21.3. The molecule has 1 aliphatic rings. The highest BCUT2D eigenvalue weighted by atomic mass is 16.5. The van der Waals surface area contributed by atoms with Gasteiger partial charge in [0, 0.05) is 0 Å². The van der Waals surface area contributed by atoms with Crippen molar-refractivity contribution in [3.63, 3.8) is 0 Å². The maximum atomic E-state index is 12.1. The highest BCUT2D eigenvalue weighted by molar-refractivity contribution is 6.12. The second-order valence-electron chi connectivity index (χ2n) is 4.88. The third-order valence-corrected chi connectivity index (χ3v) is 3.23. The first-order valence-corrected chi connectivity index (χ1v) is 6.67. The number of rotatable bonds is 6. The number of aliphatic hydroxyl groups is 1. The van der Waals surface area contributed by atoms with Crippen molar-refractivity contribution in [3.05, 3.63) is 24.2 Å². The highest BCUT2D eigenvalue weighted by Gasteiger charge is 2.52. The van der Waals surface area contributed by atoms with E-state index in [-0.39, 0.29) is 12.4 Å². The van der Waals surface area contributed by atoms with Crippen LogP contribution in [0.3, 0.4) is 0 Å². The molecule has 0 aliphatic carbocycles. The van der Waals surface area contributed by atoms with E-state index in [0.717, 1.165) is 0 Å². The molecule has 2 heterocycles. The molecule has 8 heteroatoms. The van der Waals surface area contributed by atoms with Gasteiger partial charge in [-0.2, -0.15) is 0 Å². The maximum absolute atomic E-state index is 12.1. The molecule has 118 valence electrons. The van der Waals surface area contributed by atoms with Crippen molar-refractivity contribution in [2.45, 2.75) is 25.4 Å². The summed E-state index contributed by atoms with van der Waals surface area (Å²) in [7, 11) is 0. The van der Waals surface area contributed by atoms with E-state index in [1.54, 1.807) is 6.92 Å². The van der Waals surface area contributed by atoms with E-state index in [2.05, 4.69) is 4.74 Å². The van der Waals surface area contributed by atoms with Gasteiger partial charge < -0.3 is 14.3 Å². The molecular formula is C14H15NO7. The van der Waals surface area contributed by atoms with Gasteiger partial charge in [-0.05, 0) is 19.1 Å². The van der Waals surface area contributed by atoms with Gasteiger partial charge in [-0.15, -0.1) is 0 Å². The van der Waals surface area contributed by atoms with Crippen molar-refractivity contribution in [3.8, 4) is 0 Å². The Bertz CT molecular complexity index is 607. The Morgan fingerprint density at radius 3 is 2.77 bits per heavy atom. The maximum Gasteiger partial charge on any atom is 0.309 e. The fraction of sp³-hybridized carbons (Fsp3) is 0.429. The number of hydrogen-bond donors (Lipinski definition) is 1. The number of amides is 2. The number of furan rings is 1. The van der Waals surface area contributed by atoms with Crippen LogP contribution in [-0.4, -0.2) is 52.3 Å². The van der Waals surface area contributed by atoms with E-state index in [1.807, 2.05) is 0 Å². The second-order valence-corrected chi connectivity index (χ2v) is 4.88. The largest absolute Gasteiger partial charge is 0.466 e. The Morgan fingerprint density at radius 1 is 1.45 bits per heavy atom. The molecule has 1 fully saturated rings. The number of carbonyl (C=O) groups is 4. The number of carbonyl (C=O) groups excluding carboxylic acids is 4. The van der Waals surface area contributed by atoms with Crippen molar-refractivity contribution in [1.82, 2.24) is 4.90 Å². The van der Waals surface area contributed by atoms with Crippen LogP contribution in [0.1, 0.15) is 30.3 Å². The third-order valence-electron chi connectivity index (χ3n) is 3.23. The quantitative estimate of drug-likeness (QED) is 0.443. The minimum Gasteiger partial charge on any atom is -0.466 e. The Morgan fingerprint density at radius 2 is 2.18 bits per heavy atom. The predicted octanol–water partition coefficient (Wildman–Crippen LogP) is -0.0945. The lowest BCUT2D eigenvalue weighted by atomic mass is 9.98. The summed E-state index contributed by atoms with van der Waals surface area (Å²) in [5.74, 6) is -3.07. The van der Waals surface area contributed by atoms with Gasteiger partial charge in [0.05, 0.1) is 32.3 Å². The molecule has 1 aromatic heterocycles. The van der Waals surface area contributed by atoms with Crippen molar-refractivity contribution in [1.29, 1.82) is 0 Å². The molecule has 0 saturated carbocycles. The average Bonchev–Trinajstić information content (AvgIpc) is 3.03. The number of imide groups is 1. The molecule has 0 bridgehead atoms. The summed E-state index contributed by atoms with van der Waals surface area (Å²) < 4.78 is 9.55.